The molecule has 2 aliphatic rings. The summed E-state index contributed by atoms with van der Waals surface area (Å²) in [6, 6.07) is 7.45. The SMILES string of the molecule is N#Cc1c(/N=C\c2ccc(N3CCOCC3)c([N+](=O)[O-])c2)sc2c1CCCC2. The van der Waals surface area contributed by atoms with Gasteiger partial charge in [-0.1, -0.05) is 6.07 Å². The van der Waals surface area contributed by atoms with Gasteiger partial charge in [0, 0.05) is 30.2 Å². The number of ether oxygens (including phenoxy) is 1. The number of morpholine rings is 1. The summed E-state index contributed by atoms with van der Waals surface area (Å²) in [7, 11) is 0. The lowest BCUT2D eigenvalue weighted by Crippen LogP contribution is -2.36. The highest BCUT2D eigenvalue weighted by molar-refractivity contribution is 7.16. The van der Waals surface area contributed by atoms with E-state index in [1.165, 1.54) is 4.88 Å². The Morgan fingerprint density at radius 1 is 1.29 bits per heavy atom. The van der Waals surface area contributed by atoms with Crippen molar-refractivity contribution in [3.05, 3.63) is 49.9 Å². The van der Waals surface area contributed by atoms with E-state index in [2.05, 4.69) is 11.1 Å². The van der Waals surface area contributed by atoms with Crippen LogP contribution in [0, 0.1) is 21.4 Å². The Balaban J connectivity index is 1.63. The van der Waals surface area contributed by atoms with Crippen LogP contribution < -0.4 is 4.90 Å². The highest BCUT2D eigenvalue weighted by atomic mass is 32.1. The van der Waals surface area contributed by atoms with E-state index in [-0.39, 0.29) is 10.6 Å². The number of nitrogens with zero attached hydrogens (tertiary/aromatic N) is 4. The molecule has 144 valence electrons. The van der Waals surface area contributed by atoms with E-state index in [4.69, 9.17) is 4.74 Å². The van der Waals surface area contributed by atoms with Crippen LogP contribution in [0.2, 0.25) is 0 Å². The third-order valence-corrected chi connectivity index (χ3v) is 6.34. The lowest BCUT2D eigenvalue weighted by Gasteiger charge is -2.28. The molecule has 0 amide bonds. The van der Waals surface area contributed by atoms with Crippen LogP contribution in [0.5, 0.6) is 0 Å². The smallest absolute Gasteiger partial charge is 0.293 e. The van der Waals surface area contributed by atoms with Crippen LogP contribution >= 0.6 is 11.3 Å². The van der Waals surface area contributed by atoms with Crippen LogP contribution in [0.25, 0.3) is 0 Å². The minimum atomic E-state index is -0.354. The first-order valence-electron chi connectivity index (χ1n) is 9.37. The molecule has 1 aromatic carbocycles. The average molecular weight is 396 g/mol. The van der Waals surface area contributed by atoms with Gasteiger partial charge in [0.15, 0.2) is 0 Å². The summed E-state index contributed by atoms with van der Waals surface area (Å²) >= 11 is 1.57. The van der Waals surface area contributed by atoms with Gasteiger partial charge < -0.3 is 9.64 Å². The van der Waals surface area contributed by atoms with Gasteiger partial charge in [0.05, 0.1) is 23.7 Å². The maximum Gasteiger partial charge on any atom is 0.293 e. The molecular weight excluding hydrogens is 376 g/mol. The van der Waals surface area contributed by atoms with Gasteiger partial charge in [-0.2, -0.15) is 5.26 Å². The summed E-state index contributed by atoms with van der Waals surface area (Å²) in [6.07, 6.45) is 5.82. The predicted octanol–water partition coefficient (Wildman–Crippen LogP) is 3.99. The van der Waals surface area contributed by atoms with Crippen LogP contribution in [-0.2, 0) is 17.6 Å². The van der Waals surface area contributed by atoms with Gasteiger partial charge in [-0.3, -0.25) is 10.1 Å². The van der Waals surface area contributed by atoms with Gasteiger partial charge in [0.1, 0.15) is 16.8 Å². The van der Waals surface area contributed by atoms with Crippen molar-refractivity contribution in [2.75, 3.05) is 31.2 Å². The van der Waals surface area contributed by atoms with E-state index in [1.807, 2.05) is 11.0 Å². The van der Waals surface area contributed by atoms with Crippen molar-refractivity contribution in [1.82, 2.24) is 0 Å². The Labute approximate surface area is 167 Å². The van der Waals surface area contributed by atoms with Gasteiger partial charge in [-0.15, -0.1) is 11.3 Å². The molecule has 0 spiro atoms. The first-order valence-corrected chi connectivity index (χ1v) is 10.2. The number of aliphatic imine (C=N–C) groups is 1. The Bertz CT molecular complexity index is 971. The molecule has 1 aliphatic heterocycles. The Morgan fingerprint density at radius 3 is 2.82 bits per heavy atom. The molecule has 0 radical (unpaired) electrons. The molecule has 1 saturated heterocycles. The number of rotatable bonds is 4. The zero-order valence-corrected chi connectivity index (χ0v) is 16.2. The molecule has 0 N–H and O–H groups in total. The summed E-state index contributed by atoms with van der Waals surface area (Å²) in [4.78, 5) is 19.0. The van der Waals surface area contributed by atoms with E-state index in [1.54, 1.807) is 29.7 Å². The maximum absolute atomic E-state index is 11.6. The van der Waals surface area contributed by atoms with Crippen LogP contribution in [0.15, 0.2) is 23.2 Å². The second-order valence-electron chi connectivity index (χ2n) is 6.87. The van der Waals surface area contributed by atoms with Crippen molar-refractivity contribution >= 4 is 33.9 Å². The number of nitro groups is 1. The minimum Gasteiger partial charge on any atom is -0.378 e. The molecule has 0 saturated carbocycles. The van der Waals surface area contributed by atoms with E-state index >= 15 is 0 Å². The molecule has 2 heterocycles. The summed E-state index contributed by atoms with van der Waals surface area (Å²) in [5.41, 5.74) is 3.13. The molecule has 0 unspecified atom stereocenters. The van der Waals surface area contributed by atoms with Gasteiger partial charge >= 0.3 is 0 Å². The number of fused-ring (bicyclic) bond motifs is 1. The van der Waals surface area contributed by atoms with Crippen molar-refractivity contribution in [3.63, 3.8) is 0 Å². The van der Waals surface area contributed by atoms with E-state index in [9.17, 15) is 15.4 Å². The lowest BCUT2D eigenvalue weighted by molar-refractivity contribution is -0.384. The van der Waals surface area contributed by atoms with Crippen LogP contribution in [0.1, 0.15) is 34.4 Å². The second-order valence-corrected chi connectivity index (χ2v) is 7.95. The van der Waals surface area contributed by atoms with E-state index < -0.39 is 0 Å². The Kier molecular flexibility index (Phi) is 5.37. The largest absolute Gasteiger partial charge is 0.378 e. The summed E-state index contributed by atoms with van der Waals surface area (Å²) in [5.74, 6) is 0. The van der Waals surface area contributed by atoms with Crippen molar-refractivity contribution in [1.29, 1.82) is 5.26 Å². The fourth-order valence-electron chi connectivity index (χ4n) is 3.73. The number of nitro benzene ring substituents is 1. The first kappa shape index (κ1) is 18.6. The van der Waals surface area contributed by atoms with Gasteiger partial charge in [0.25, 0.3) is 5.69 Å². The Morgan fingerprint density at radius 2 is 2.07 bits per heavy atom. The summed E-state index contributed by atoms with van der Waals surface area (Å²) in [5, 5.41) is 21.8. The third-order valence-electron chi connectivity index (χ3n) is 5.14. The van der Waals surface area contributed by atoms with Gasteiger partial charge in [0.2, 0.25) is 0 Å². The van der Waals surface area contributed by atoms with Crippen molar-refractivity contribution in [2.45, 2.75) is 25.7 Å². The number of hydrogen-bond acceptors (Lipinski definition) is 7. The van der Waals surface area contributed by atoms with Crippen molar-refractivity contribution in [3.8, 4) is 6.07 Å². The maximum atomic E-state index is 11.6. The molecule has 1 aliphatic carbocycles. The van der Waals surface area contributed by atoms with Crippen LogP contribution in [0.4, 0.5) is 16.4 Å². The fraction of sp³-hybridized carbons (Fsp3) is 0.400. The van der Waals surface area contributed by atoms with Gasteiger partial charge in [-0.05, 0) is 42.9 Å². The zero-order chi connectivity index (χ0) is 19.5. The monoisotopic (exact) mass is 396 g/mol. The van der Waals surface area contributed by atoms with E-state index in [0.29, 0.717) is 48.1 Å². The van der Waals surface area contributed by atoms with Crippen molar-refractivity contribution in [2.24, 2.45) is 4.99 Å². The summed E-state index contributed by atoms with van der Waals surface area (Å²) < 4.78 is 5.33. The molecule has 4 rings (SSSR count). The molecule has 28 heavy (non-hydrogen) atoms. The molecule has 7 nitrogen and oxygen atoms in total. The van der Waals surface area contributed by atoms with E-state index in [0.717, 1.165) is 31.2 Å². The third kappa shape index (κ3) is 3.63. The summed E-state index contributed by atoms with van der Waals surface area (Å²) in [6.45, 7) is 2.42. The molecule has 8 heteroatoms. The molecule has 1 fully saturated rings. The quantitative estimate of drug-likeness (QED) is 0.443. The van der Waals surface area contributed by atoms with Crippen LogP contribution in [-0.4, -0.2) is 37.4 Å². The first-order chi connectivity index (χ1) is 13.7. The van der Waals surface area contributed by atoms with Gasteiger partial charge in [-0.25, -0.2) is 4.99 Å². The number of aryl methyl sites for hydroxylation is 1. The molecule has 0 bridgehead atoms. The predicted molar refractivity (Wildman–Crippen MR) is 109 cm³/mol. The standard InChI is InChI=1S/C20H20N4O3S/c21-12-16-15-3-1-2-4-19(15)28-20(16)22-13-14-5-6-17(18(11-14)24(25)26)23-7-9-27-10-8-23/h5-6,11,13H,1-4,7-10H2/b22-13-. The second kappa shape index (κ2) is 8.09. The number of anilines is 1. The Hall–Kier alpha value is -2.76. The molecule has 0 atom stereocenters. The fourth-order valence-corrected chi connectivity index (χ4v) is 4.91. The van der Waals surface area contributed by atoms with Crippen LogP contribution in [0.3, 0.4) is 0 Å². The number of benzene rings is 1. The lowest BCUT2D eigenvalue weighted by atomic mass is 9.96. The average Bonchev–Trinajstić information content (AvgIpc) is 3.10. The number of thiophene rings is 1. The minimum absolute atomic E-state index is 0.0665. The molecule has 1 aromatic heterocycles. The van der Waals surface area contributed by atoms with Crippen molar-refractivity contribution < 1.29 is 9.66 Å². The number of nitriles is 1. The highest BCUT2D eigenvalue weighted by Gasteiger charge is 2.22. The molecular formula is C20H20N4O3S. The topological polar surface area (TPSA) is 91.8 Å². The highest BCUT2D eigenvalue weighted by Crippen LogP contribution is 2.39. The normalized spacial score (nSPS) is 16.8. The zero-order valence-electron chi connectivity index (χ0n) is 15.4. The molecule has 2 aromatic rings. The number of hydrogen-bond donors (Lipinski definition) is 0.